The van der Waals surface area contributed by atoms with Crippen molar-refractivity contribution in [1.82, 2.24) is 0 Å². The molecule has 0 fully saturated rings. The molecule has 1 unspecified atom stereocenters. The second-order valence-corrected chi connectivity index (χ2v) is 5.13. The minimum Gasteiger partial charge on any atom is -0.392 e. The molecule has 2 rings (SSSR count). The van der Waals surface area contributed by atoms with Crippen LogP contribution in [0.3, 0.4) is 0 Å². The van der Waals surface area contributed by atoms with E-state index in [-0.39, 0.29) is 5.82 Å². The molecule has 0 aliphatic heterocycles. The smallest absolute Gasteiger partial charge is 0.123 e. The molecule has 1 atom stereocenters. The summed E-state index contributed by atoms with van der Waals surface area (Å²) in [4.78, 5) is 0. The van der Waals surface area contributed by atoms with Gasteiger partial charge in [0.05, 0.1) is 6.10 Å². The van der Waals surface area contributed by atoms with Crippen molar-refractivity contribution in [2.75, 3.05) is 0 Å². The first-order valence-corrected chi connectivity index (χ1v) is 6.60. The van der Waals surface area contributed by atoms with E-state index in [1.165, 1.54) is 12.1 Å². The average molecular weight is 309 g/mol. The highest BCUT2D eigenvalue weighted by Crippen LogP contribution is 2.18. The third-order valence-electron chi connectivity index (χ3n) is 2.80. The monoisotopic (exact) mass is 308 g/mol. The highest BCUT2D eigenvalue weighted by molar-refractivity contribution is 9.10. The van der Waals surface area contributed by atoms with Gasteiger partial charge in [-0.2, -0.15) is 0 Å². The van der Waals surface area contributed by atoms with Crippen LogP contribution < -0.4 is 0 Å². The predicted molar refractivity (Wildman–Crippen MR) is 74.0 cm³/mol. The fraction of sp³-hybridized carbons (Fsp3) is 0.200. The van der Waals surface area contributed by atoms with E-state index in [1.807, 2.05) is 24.3 Å². The van der Waals surface area contributed by atoms with E-state index >= 15 is 0 Å². The first-order valence-electron chi connectivity index (χ1n) is 5.81. The first kappa shape index (κ1) is 13.2. The normalized spacial score (nSPS) is 12.4. The third kappa shape index (κ3) is 3.65. The zero-order chi connectivity index (χ0) is 13.0. The van der Waals surface area contributed by atoms with Crippen molar-refractivity contribution in [3.8, 4) is 0 Å². The van der Waals surface area contributed by atoms with Crippen molar-refractivity contribution in [3.63, 3.8) is 0 Å². The predicted octanol–water partition coefficient (Wildman–Crippen LogP) is 3.73. The van der Waals surface area contributed by atoms with Gasteiger partial charge >= 0.3 is 0 Å². The van der Waals surface area contributed by atoms with Gasteiger partial charge in [0.25, 0.3) is 0 Å². The maximum absolute atomic E-state index is 12.8. The fourth-order valence-corrected chi connectivity index (χ4v) is 2.33. The van der Waals surface area contributed by atoms with Crippen molar-refractivity contribution < 1.29 is 9.50 Å². The molecular weight excluding hydrogens is 295 g/mol. The van der Waals surface area contributed by atoms with Gasteiger partial charge in [-0.25, -0.2) is 4.39 Å². The minimum absolute atomic E-state index is 0.251. The molecule has 18 heavy (non-hydrogen) atoms. The molecule has 0 radical (unpaired) electrons. The van der Waals surface area contributed by atoms with Gasteiger partial charge in [-0.1, -0.05) is 46.3 Å². The molecule has 0 aromatic heterocycles. The molecule has 2 aromatic rings. The zero-order valence-electron chi connectivity index (χ0n) is 9.81. The van der Waals surface area contributed by atoms with E-state index in [0.717, 1.165) is 15.6 Å². The summed E-state index contributed by atoms with van der Waals surface area (Å²) in [7, 11) is 0. The largest absolute Gasteiger partial charge is 0.392 e. The second-order valence-electron chi connectivity index (χ2n) is 4.28. The van der Waals surface area contributed by atoms with Crippen molar-refractivity contribution in [2.24, 2.45) is 0 Å². The summed E-state index contributed by atoms with van der Waals surface area (Å²) >= 11 is 3.46. The van der Waals surface area contributed by atoms with Crippen LogP contribution in [-0.2, 0) is 12.8 Å². The third-order valence-corrected chi connectivity index (χ3v) is 3.57. The molecule has 0 aliphatic rings. The summed E-state index contributed by atoms with van der Waals surface area (Å²) in [5, 5.41) is 10.0. The Morgan fingerprint density at radius 3 is 2.33 bits per heavy atom. The summed E-state index contributed by atoms with van der Waals surface area (Å²) in [6.07, 6.45) is 0.648. The Balaban J connectivity index is 1.99. The molecule has 0 bridgehead atoms. The summed E-state index contributed by atoms with van der Waals surface area (Å²) in [5.41, 5.74) is 2.02. The van der Waals surface area contributed by atoms with Gasteiger partial charge in [0, 0.05) is 4.47 Å². The molecule has 2 aromatic carbocycles. The van der Waals surface area contributed by atoms with Gasteiger partial charge in [0.1, 0.15) is 5.82 Å². The van der Waals surface area contributed by atoms with E-state index in [9.17, 15) is 9.50 Å². The SMILES string of the molecule is OC(Cc1ccc(F)cc1)Cc1ccccc1Br. The molecule has 0 aliphatic carbocycles. The Hall–Kier alpha value is -1.19. The standard InChI is InChI=1S/C15H14BrFO/c16-15-4-2-1-3-12(15)10-14(18)9-11-5-7-13(17)8-6-11/h1-8,14,18H,9-10H2. The first-order chi connectivity index (χ1) is 8.65. The van der Waals surface area contributed by atoms with Crippen LogP contribution in [0.25, 0.3) is 0 Å². The highest BCUT2D eigenvalue weighted by Gasteiger charge is 2.09. The number of hydrogen-bond donors (Lipinski definition) is 1. The molecule has 1 N–H and O–H groups in total. The molecule has 0 spiro atoms. The molecule has 0 saturated carbocycles. The molecule has 3 heteroatoms. The minimum atomic E-state index is -0.464. The second kappa shape index (κ2) is 6.12. The lowest BCUT2D eigenvalue weighted by atomic mass is 10.0. The van der Waals surface area contributed by atoms with Gasteiger partial charge in [-0.05, 0) is 42.2 Å². The number of halogens is 2. The van der Waals surface area contributed by atoms with Crippen molar-refractivity contribution >= 4 is 15.9 Å². The van der Waals surface area contributed by atoms with Crippen molar-refractivity contribution in [2.45, 2.75) is 18.9 Å². The summed E-state index contributed by atoms with van der Waals surface area (Å²) in [5.74, 6) is -0.251. The van der Waals surface area contributed by atoms with Crippen LogP contribution in [0.15, 0.2) is 53.0 Å². The van der Waals surface area contributed by atoms with Crippen molar-refractivity contribution in [3.05, 3.63) is 69.9 Å². The van der Waals surface area contributed by atoms with Crippen LogP contribution in [0, 0.1) is 5.82 Å². The van der Waals surface area contributed by atoms with Crippen LogP contribution in [0.4, 0.5) is 4.39 Å². The Morgan fingerprint density at radius 1 is 1.00 bits per heavy atom. The molecule has 0 saturated heterocycles. The van der Waals surface area contributed by atoms with Gasteiger partial charge in [-0.3, -0.25) is 0 Å². The number of hydrogen-bond acceptors (Lipinski definition) is 1. The lowest BCUT2D eigenvalue weighted by molar-refractivity contribution is 0.175. The highest BCUT2D eigenvalue weighted by atomic mass is 79.9. The molecule has 1 nitrogen and oxygen atoms in total. The zero-order valence-corrected chi connectivity index (χ0v) is 11.4. The van der Waals surface area contributed by atoms with Crippen LogP contribution >= 0.6 is 15.9 Å². The van der Waals surface area contributed by atoms with Crippen molar-refractivity contribution in [1.29, 1.82) is 0 Å². The summed E-state index contributed by atoms with van der Waals surface area (Å²) < 4.78 is 13.8. The maximum Gasteiger partial charge on any atom is 0.123 e. The Morgan fingerprint density at radius 2 is 1.67 bits per heavy atom. The lowest BCUT2D eigenvalue weighted by Crippen LogP contribution is -2.14. The van der Waals surface area contributed by atoms with Crippen LogP contribution in [0.5, 0.6) is 0 Å². The topological polar surface area (TPSA) is 20.2 Å². The Kier molecular flexibility index (Phi) is 4.50. The van der Waals surface area contributed by atoms with Gasteiger partial charge in [0.15, 0.2) is 0 Å². The fourth-order valence-electron chi connectivity index (χ4n) is 1.88. The van der Waals surface area contributed by atoms with E-state index in [1.54, 1.807) is 12.1 Å². The van der Waals surface area contributed by atoms with Gasteiger partial charge < -0.3 is 5.11 Å². The van der Waals surface area contributed by atoms with Crippen LogP contribution in [0.1, 0.15) is 11.1 Å². The van der Waals surface area contributed by atoms with Gasteiger partial charge in [-0.15, -0.1) is 0 Å². The van der Waals surface area contributed by atoms with Crippen LogP contribution in [0.2, 0.25) is 0 Å². The van der Waals surface area contributed by atoms with Crippen LogP contribution in [-0.4, -0.2) is 11.2 Å². The Labute approximate surface area is 114 Å². The van der Waals surface area contributed by atoms with Gasteiger partial charge in [0.2, 0.25) is 0 Å². The molecule has 0 heterocycles. The molecular formula is C15H14BrFO. The van der Waals surface area contributed by atoms with E-state index in [2.05, 4.69) is 15.9 Å². The number of aliphatic hydroxyl groups excluding tert-OH is 1. The number of aliphatic hydroxyl groups is 1. The summed E-state index contributed by atoms with van der Waals surface area (Å²) in [6.45, 7) is 0. The molecule has 94 valence electrons. The summed E-state index contributed by atoms with van der Waals surface area (Å²) in [6, 6.07) is 14.1. The average Bonchev–Trinajstić information content (AvgIpc) is 2.35. The van der Waals surface area contributed by atoms with E-state index in [0.29, 0.717) is 12.8 Å². The maximum atomic E-state index is 12.8. The number of rotatable bonds is 4. The van der Waals surface area contributed by atoms with E-state index < -0.39 is 6.10 Å². The quantitative estimate of drug-likeness (QED) is 0.912. The Bertz CT molecular complexity index is 510. The number of benzene rings is 2. The lowest BCUT2D eigenvalue weighted by Gasteiger charge is -2.12. The molecule has 0 amide bonds. The van der Waals surface area contributed by atoms with E-state index in [4.69, 9.17) is 0 Å².